The van der Waals surface area contributed by atoms with Crippen LogP contribution < -0.4 is 10.2 Å². The highest BCUT2D eigenvalue weighted by Crippen LogP contribution is 2.17. The summed E-state index contributed by atoms with van der Waals surface area (Å²) in [6.07, 6.45) is 3.06. The molecule has 2 fully saturated rings. The molecule has 0 bridgehead atoms. The minimum Gasteiger partial charge on any atom is -0.377 e. The van der Waals surface area contributed by atoms with E-state index < -0.39 is 0 Å². The molecule has 1 N–H and O–H groups in total. The van der Waals surface area contributed by atoms with Crippen LogP contribution in [0.5, 0.6) is 0 Å². The number of hydrogen-bond acceptors (Lipinski definition) is 5. The number of rotatable bonds is 3. The van der Waals surface area contributed by atoms with Gasteiger partial charge in [-0.05, 0) is 12.5 Å². The number of anilines is 2. The summed E-state index contributed by atoms with van der Waals surface area (Å²) in [6, 6.07) is 2.32. The van der Waals surface area contributed by atoms with Crippen LogP contribution in [0.4, 0.5) is 11.8 Å². The number of nitrogens with one attached hydrogen (secondary N) is 1. The number of hydrogen-bond donors (Lipinski definition) is 1. The van der Waals surface area contributed by atoms with E-state index in [1.54, 1.807) is 0 Å². The fourth-order valence-electron chi connectivity index (χ4n) is 1.63. The molecule has 0 radical (unpaired) electrons. The van der Waals surface area contributed by atoms with Crippen LogP contribution in [0.25, 0.3) is 0 Å². The van der Waals surface area contributed by atoms with Gasteiger partial charge in [-0.25, -0.2) is 4.98 Å². The third-order valence-electron chi connectivity index (χ3n) is 2.77. The molecular weight excluding hydrogens is 192 g/mol. The van der Waals surface area contributed by atoms with Gasteiger partial charge in [0, 0.05) is 19.3 Å². The van der Waals surface area contributed by atoms with E-state index in [1.807, 2.05) is 12.3 Å². The van der Waals surface area contributed by atoms with Gasteiger partial charge in [0.2, 0.25) is 5.95 Å². The first-order valence-corrected chi connectivity index (χ1v) is 5.34. The van der Waals surface area contributed by atoms with E-state index in [9.17, 15) is 0 Å². The van der Waals surface area contributed by atoms with Crippen LogP contribution in [0, 0.1) is 0 Å². The Bertz CT molecular complexity index is 349. The Morgan fingerprint density at radius 2 is 2.27 bits per heavy atom. The van der Waals surface area contributed by atoms with Crippen molar-refractivity contribution in [2.75, 3.05) is 36.5 Å². The van der Waals surface area contributed by atoms with Gasteiger partial charge < -0.3 is 15.0 Å². The van der Waals surface area contributed by atoms with Crippen molar-refractivity contribution >= 4 is 11.8 Å². The molecule has 2 saturated heterocycles. The van der Waals surface area contributed by atoms with Gasteiger partial charge in [-0.3, -0.25) is 0 Å². The normalized spacial score (nSPS) is 20.7. The number of ether oxygens (including phenoxy) is 1. The van der Waals surface area contributed by atoms with Crippen LogP contribution in [0.15, 0.2) is 12.3 Å². The predicted molar refractivity (Wildman–Crippen MR) is 57.1 cm³/mol. The second-order valence-electron chi connectivity index (χ2n) is 3.96. The molecule has 0 amide bonds. The third-order valence-corrected chi connectivity index (χ3v) is 2.77. The standard InChI is InChI=1S/C10H14N4O/c1-4-14(5-1)10-11-3-2-9(13-10)12-8-6-15-7-8/h2-3,8H,1,4-7H2,(H,11,12,13). The lowest BCUT2D eigenvalue weighted by atomic mass is 10.2. The lowest BCUT2D eigenvalue weighted by molar-refractivity contribution is 0.0209. The van der Waals surface area contributed by atoms with E-state index in [0.29, 0.717) is 6.04 Å². The van der Waals surface area contributed by atoms with Crippen molar-refractivity contribution in [2.45, 2.75) is 12.5 Å². The van der Waals surface area contributed by atoms with Crippen molar-refractivity contribution in [1.82, 2.24) is 9.97 Å². The lowest BCUT2D eigenvalue weighted by Gasteiger charge is -2.31. The lowest BCUT2D eigenvalue weighted by Crippen LogP contribution is -2.41. The van der Waals surface area contributed by atoms with Gasteiger partial charge in [0.15, 0.2) is 0 Å². The molecule has 3 heterocycles. The zero-order valence-corrected chi connectivity index (χ0v) is 8.52. The van der Waals surface area contributed by atoms with Crippen molar-refractivity contribution in [2.24, 2.45) is 0 Å². The fourth-order valence-corrected chi connectivity index (χ4v) is 1.63. The molecule has 0 aliphatic carbocycles. The van der Waals surface area contributed by atoms with Gasteiger partial charge >= 0.3 is 0 Å². The predicted octanol–water partition coefficient (Wildman–Crippen LogP) is 0.497. The van der Waals surface area contributed by atoms with Crippen molar-refractivity contribution in [3.8, 4) is 0 Å². The molecule has 2 aliphatic heterocycles. The van der Waals surface area contributed by atoms with Crippen LogP contribution in [-0.2, 0) is 4.74 Å². The largest absolute Gasteiger partial charge is 0.377 e. The topological polar surface area (TPSA) is 50.3 Å². The molecule has 1 aromatic heterocycles. The highest BCUT2D eigenvalue weighted by Gasteiger charge is 2.20. The highest BCUT2D eigenvalue weighted by atomic mass is 16.5. The summed E-state index contributed by atoms with van der Waals surface area (Å²) in [5.74, 6) is 1.74. The van der Waals surface area contributed by atoms with E-state index in [4.69, 9.17) is 4.74 Å². The maximum atomic E-state index is 5.10. The molecule has 0 atom stereocenters. The van der Waals surface area contributed by atoms with Crippen molar-refractivity contribution in [3.05, 3.63) is 12.3 Å². The van der Waals surface area contributed by atoms with Gasteiger partial charge in [-0.2, -0.15) is 4.98 Å². The molecule has 3 rings (SSSR count). The fraction of sp³-hybridized carbons (Fsp3) is 0.600. The maximum absolute atomic E-state index is 5.10. The van der Waals surface area contributed by atoms with Crippen molar-refractivity contribution in [3.63, 3.8) is 0 Å². The van der Waals surface area contributed by atoms with Crippen LogP contribution in [0.3, 0.4) is 0 Å². The van der Waals surface area contributed by atoms with Gasteiger partial charge in [0.05, 0.1) is 19.3 Å². The number of nitrogens with zero attached hydrogens (tertiary/aromatic N) is 3. The SMILES string of the molecule is c1cc(NC2COC2)nc(N2CCC2)n1. The third kappa shape index (κ3) is 1.74. The Labute approximate surface area is 88.5 Å². The summed E-state index contributed by atoms with van der Waals surface area (Å²) in [4.78, 5) is 10.9. The monoisotopic (exact) mass is 206 g/mol. The molecule has 0 aromatic carbocycles. The Hall–Kier alpha value is -1.36. The molecule has 15 heavy (non-hydrogen) atoms. The van der Waals surface area contributed by atoms with Gasteiger partial charge in [-0.1, -0.05) is 0 Å². The average Bonchev–Trinajstić information content (AvgIpc) is 2.09. The average molecular weight is 206 g/mol. The van der Waals surface area contributed by atoms with Gasteiger partial charge in [-0.15, -0.1) is 0 Å². The first-order valence-electron chi connectivity index (χ1n) is 5.34. The summed E-state index contributed by atoms with van der Waals surface area (Å²) in [5, 5.41) is 3.32. The van der Waals surface area contributed by atoms with E-state index in [1.165, 1.54) is 6.42 Å². The molecule has 80 valence electrons. The smallest absolute Gasteiger partial charge is 0.227 e. The van der Waals surface area contributed by atoms with Gasteiger partial charge in [0.25, 0.3) is 0 Å². The van der Waals surface area contributed by atoms with Crippen LogP contribution in [0.1, 0.15) is 6.42 Å². The minimum absolute atomic E-state index is 0.421. The molecule has 5 heteroatoms. The zero-order chi connectivity index (χ0) is 10.1. The molecule has 0 spiro atoms. The molecule has 0 saturated carbocycles. The van der Waals surface area contributed by atoms with Crippen LogP contribution in [0.2, 0.25) is 0 Å². The van der Waals surface area contributed by atoms with E-state index in [0.717, 1.165) is 38.1 Å². The number of aromatic nitrogens is 2. The second-order valence-corrected chi connectivity index (χ2v) is 3.96. The zero-order valence-electron chi connectivity index (χ0n) is 8.52. The first-order chi connectivity index (χ1) is 7.42. The molecule has 5 nitrogen and oxygen atoms in total. The minimum atomic E-state index is 0.421. The Morgan fingerprint density at radius 3 is 2.87 bits per heavy atom. The maximum Gasteiger partial charge on any atom is 0.227 e. The van der Waals surface area contributed by atoms with Crippen molar-refractivity contribution in [1.29, 1.82) is 0 Å². The summed E-state index contributed by atoms with van der Waals surface area (Å²) >= 11 is 0. The molecule has 1 aromatic rings. The van der Waals surface area contributed by atoms with Crippen LogP contribution in [-0.4, -0.2) is 42.3 Å². The van der Waals surface area contributed by atoms with Crippen molar-refractivity contribution < 1.29 is 4.74 Å². The summed E-state index contributed by atoms with van der Waals surface area (Å²) in [6.45, 7) is 3.72. The summed E-state index contributed by atoms with van der Waals surface area (Å²) in [7, 11) is 0. The van der Waals surface area contributed by atoms with E-state index in [-0.39, 0.29) is 0 Å². The van der Waals surface area contributed by atoms with Gasteiger partial charge in [0.1, 0.15) is 5.82 Å². The summed E-state index contributed by atoms with van der Waals surface area (Å²) in [5.41, 5.74) is 0. The molecule has 0 unspecified atom stereocenters. The Kier molecular flexibility index (Phi) is 2.17. The Balaban J connectivity index is 1.70. The van der Waals surface area contributed by atoms with E-state index >= 15 is 0 Å². The quantitative estimate of drug-likeness (QED) is 0.780. The van der Waals surface area contributed by atoms with E-state index in [2.05, 4.69) is 20.2 Å². The summed E-state index contributed by atoms with van der Waals surface area (Å²) < 4.78 is 5.10. The van der Waals surface area contributed by atoms with Crippen LogP contribution >= 0.6 is 0 Å². The molecular formula is C10H14N4O. The Morgan fingerprint density at radius 1 is 1.40 bits per heavy atom. The first kappa shape index (κ1) is 8.91. The second kappa shape index (κ2) is 3.66. The highest BCUT2D eigenvalue weighted by molar-refractivity contribution is 5.43. The molecule has 2 aliphatic rings.